The van der Waals surface area contributed by atoms with Crippen molar-refractivity contribution in [1.82, 2.24) is 15.2 Å². The molecule has 128 valence electrons. The first kappa shape index (κ1) is 15.4. The van der Waals surface area contributed by atoms with Crippen LogP contribution in [0.1, 0.15) is 0 Å². The number of piperazine rings is 1. The third kappa shape index (κ3) is 2.86. The van der Waals surface area contributed by atoms with Crippen molar-refractivity contribution in [2.45, 2.75) is 11.6 Å². The van der Waals surface area contributed by atoms with E-state index in [0.29, 0.717) is 32.1 Å². The minimum absolute atomic E-state index is 0.0159. The molecule has 3 N–H and O–H groups in total. The number of aliphatic hydroxyl groups excluding tert-OH is 1. The molecule has 1 unspecified atom stereocenters. The van der Waals surface area contributed by atoms with Gasteiger partial charge in [-0.25, -0.2) is 0 Å². The van der Waals surface area contributed by atoms with Crippen LogP contribution < -0.4 is 10.1 Å². The Morgan fingerprint density at radius 3 is 3.04 bits per heavy atom. The van der Waals surface area contributed by atoms with Crippen LogP contribution in [0.15, 0.2) is 30.5 Å². The Labute approximate surface area is 139 Å². The van der Waals surface area contributed by atoms with Crippen LogP contribution in [0.25, 0.3) is 10.9 Å². The maximum atomic E-state index is 11.7. The Balaban J connectivity index is 1.35. The topological polar surface area (TPSA) is 86.8 Å². The molecule has 0 radical (unpaired) electrons. The first-order valence-corrected chi connectivity index (χ1v) is 8.12. The number of ether oxygens (including phenoxy) is 2. The lowest BCUT2D eigenvalue weighted by molar-refractivity contribution is -0.167. The second-order valence-corrected chi connectivity index (χ2v) is 6.57. The Morgan fingerprint density at radius 2 is 2.25 bits per heavy atom. The fourth-order valence-corrected chi connectivity index (χ4v) is 3.27. The van der Waals surface area contributed by atoms with Crippen molar-refractivity contribution in [2.75, 3.05) is 39.5 Å². The largest absolute Gasteiger partial charge is 0.491 e. The second-order valence-electron chi connectivity index (χ2n) is 6.57. The Morgan fingerprint density at radius 1 is 1.38 bits per heavy atom. The van der Waals surface area contributed by atoms with E-state index in [9.17, 15) is 9.90 Å². The molecule has 4 rings (SSSR count). The highest BCUT2D eigenvalue weighted by Crippen LogP contribution is 2.27. The van der Waals surface area contributed by atoms with E-state index in [0.717, 1.165) is 10.9 Å². The van der Waals surface area contributed by atoms with E-state index >= 15 is 0 Å². The Bertz CT molecular complexity index is 740. The van der Waals surface area contributed by atoms with Crippen LogP contribution in [-0.4, -0.2) is 72.0 Å². The molecule has 2 aliphatic heterocycles. The highest BCUT2D eigenvalue weighted by atomic mass is 16.5. The molecule has 0 saturated carbocycles. The van der Waals surface area contributed by atoms with Gasteiger partial charge in [-0.2, -0.15) is 0 Å². The number of β-amino-alcohol motifs (C(OH)–C–C–N with tert-alkyl or cyclic N) is 1. The van der Waals surface area contributed by atoms with E-state index in [4.69, 9.17) is 9.47 Å². The van der Waals surface area contributed by atoms with Crippen molar-refractivity contribution in [3.63, 3.8) is 0 Å². The zero-order chi connectivity index (χ0) is 16.6. The molecule has 2 fully saturated rings. The van der Waals surface area contributed by atoms with Gasteiger partial charge in [0.1, 0.15) is 18.5 Å². The molecule has 0 bridgehead atoms. The Hall–Kier alpha value is -2.09. The van der Waals surface area contributed by atoms with Crippen molar-refractivity contribution >= 4 is 16.8 Å². The predicted octanol–water partition coefficient (Wildman–Crippen LogP) is 0.108. The fraction of sp³-hybridized carbons (Fsp3) is 0.471. The first-order chi connectivity index (χ1) is 11.6. The number of nitrogens with one attached hydrogen (secondary N) is 2. The lowest BCUT2D eigenvalue weighted by Gasteiger charge is -2.52. The quantitative estimate of drug-likeness (QED) is 0.724. The number of rotatable bonds is 5. The molecule has 24 heavy (non-hydrogen) atoms. The van der Waals surface area contributed by atoms with Gasteiger partial charge in [-0.3, -0.25) is 9.69 Å². The zero-order valence-electron chi connectivity index (χ0n) is 13.3. The van der Waals surface area contributed by atoms with Gasteiger partial charge < -0.3 is 24.9 Å². The van der Waals surface area contributed by atoms with Crippen LogP contribution in [0.3, 0.4) is 0 Å². The lowest BCUT2D eigenvalue weighted by Crippen LogP contribution is -2.73. The van der Waals surface area contributed by atoms with Gasteiger partial charge in [-0.1, -0.05) is 0 Å². The summed E-state index contributed by atoms with van der Waals surface area (Å²) < 4.78 is 11.0. The smallest absolute Gasteiger partial charge is 0.234 e. The third-order valence-corrected chi connectivity index (χ3v) is 4.76. The predicted molar refractivity (Wildman–Crippen MR) is 87.9 cm³/mol. The molecule has 2 saturated heterocycles. The number of nitrogens with zero attached hydrogens (tertiary/aromatic N) is 1. The number of fused-ring (bicyclic) bond motifs is 1. The molecule has 7 heteroatoms. The van der Waals surface area contributed by atoms with Gasteiger partial charge in [0, 0.05) is 30.9 Å². The summed E-state index contributed by atoms with van der Waals surface area (Å²) in [5, 5.41) is 14.3. The average molecular weight is 331 g/mol. The summed E-state index contributed by atoms with van der Waals surface area (Å²) in [6.07, 6.45) is 1.21. The maximum Gasteiger partial charge on any atom is 0.234 e. The first-order valence-electron chi connectivity index (χ1n) is 8.12. The highest BCUT2D eigenvalue weighted by molar-refractivity contribution is 5.80. The number of hydrogen-bond donors (Lipinski definition) is 3. The lowest BCUT2D eigenvalue weighted by atomic mass is 9.92. The normalized spacial score (nSPS) is 21.5. The van der Waals surface area contributed by atoms with E-state index in [1.807, 2.05) is 35.4 Å². The van der Waals surface area contributed by atoms with Gasteiger partial charge in [0.25, 0.3) is 0 Å². The molecular weight excluding hydrogens is 310 g/mol. The number of carbonyl (C=O) groups is 1. The van der Waals surface area contributed by atoms with Crippen LogP contribution in [0.4, 0.5) is 0 Å². The van der Waals surface area contributed by atoms with E-state index in [2.05, 4.69) is 10.3 Å². The summed E-state index contributed by atoms with van der Waals surface area (Å²) in [6, 6.07) is 7.77. The van der Waals surface area contributed by atoms with Gasteiger partial charge in [0.15, 0.2) is 0 Å². The monoisotopic (exact) mass is 331 g/mol. The van der Waals surface area contributed by atoms with Crippen LogP contribution in [0.2, 0.25) is 0 Å². The molecule has 1 aromatic carbocycles. The summed E-state index contributed by atoms with van der Waals surface area (Å²) in [5.74, 6) is 0.694. The van der Waals surface area contributed by atoms with Gasteiger partial charge in [0.05, 0.1) is 25.3 Å². The van der Waals surface area contributed by atoms with E-state index in [1.54, 1.807) is 0 Å². The average Bonchev–Trinajstić information content (AvgIpc) is 2.99. The summed E-state index contributed by atoms with van der Waals surface area (Å²) >= 11 is 0. The molecule has 3 heterocycles. The minimum Gasteiger partial charge on any atom is -0.491 e. The maximum absolute atomic E-state index is 11.7. The summed E-state index contributed by atoms with van der Waals surface area (Å²) in [6.45, 7) is 2.61. The molecular formula is C17H21N3O4. The van der Waals surface area contributed by atoms with Crippen LogP contribution in [-0.2, 0) is 9.53 Å². The minimum atomic E-state index is -0.673. The molecule has 7 nitrogen and oxygen atoms in total. The van der Waals surface area contributed by atoms with Crippen LogP contribution in [0, 0.1) is 0 Å². The molecule has 2 aromatic rings. The summed E-state index contributed by atoms with van der Waals surface area (Å²) in [4.78, 5) is 16.8. The Kier molecular flexibility index (Phi) is 3.91. The SMILES string of the molecule is O=C1CN(CC(O)COc2ccc3cc[nH]c3c2)C2(CN1)COC2. The van der Waals surface area contributed by atoms with Crippen molar-refractivity contribution in [3.05, 3.63) is 30.5 Å². The van der Waals surface area contributed by atoms with Crippen molar-refractivity contribution < 1.29 is 19.4 Å². The number of benzene rings is 1. The van der Waals surface area contributed by atoms with Gasteiger partial charge in [0.2, 0.25) is 5.91 Å². The van der Waals surface area contributed by atoms with Gasteiger partial charge in [-0.05, 0) is 23.6 Å². The van der Waals surface area contributed by atoms with Gasteiger partial charge in [-0.15, -0.1) is 0 Å². The second kappa shape index (κ2) is 6.08. The number of aromatic nitrogens is 1. The third-order valence-electron chi connectivity index (χ3n) is 4.76. The van der Waals surface area contributed by atoms with Crippen LogP contribution >= 0.6 is 0 Å². The fourth-order valence-electron chi connectivity index (χ4n) is 3.27. The summed E-state index contributed by atoms with van der Waals surface area (Å²) in [5.41, 5.74) is 0.832. The molecule has 0 aliphatic carbocycles. The zero-order valence-corrected chi connectivity index (χ0v) is 13.3. The van der Waals surface area contributed by atoms with Crippen LogP contribution in [0.5, 0.6) is 5.75 Å². The number of carbonyl (C=O) groups excluding carboxylic acids is 1. The summed E-state index contributed by atoms with van der Waals surface area (Å²) in [7, 11) is 0. The van der Waals surface area contributed by atoms with Crippen molar-refractivity contribution in [2.24, 2.45) is 0 Å². The molecule has 1 amide bonds. The molecule has 2 aliphatic rings. The number of H-pyrrole nitrogens is 1. The molecule has 1 atom stereocenters. The van der Waals surface area contributed by atoms with Gasteiger partial charge >= 0.3 is 0 Å². The molecule has 1 spiro atoms. The number of hydrogen-bond acceptors (Lipinski definition) is 5. The molecule has 1 aromatic heterocycles. The van der Waals surface area contributed by atoms with Crippen molar-refractivity contribution in [3.8, 4) is 5.75 Å². The number of aliphatic hydroxyl groups is 1. The standard InChI is InChI=1S/C17H21N3O4/c21-13(6-20-7-16(22)19-9-17(20)10-23-11-17)8-24-14-2-1-12-3-4-18-15(12)5-14/h1-5,13,18,21H,6-11H2,(H,19,22). The van der Waals surface area contributed by atoms with E-state index in [-0.39, 0.29) is 24.6 Å². The van der Waals surface area contributed by atoms with Crippen molar-refractivity contribution in [1.29, 1.82) is 0 Å². The van der Waals surface area contributed by atoms with E-state index in [1.165, 1.54) is 0 Å². The number of aromatic amines is 1. The highest BCUT2D eigenvalue weighted by Gasteiger charge is 2.47. The number of amides is 1. The van der Waals surface area contributed by atoms with E-state index < -0.39 is 6.10 Å².